The molecule has 0 bridgehead atoms. The highest BCUT2D eigenvalue weighted by Gasteiger charge is 2.19. The van der Waals surface area contributed by atoms with E-state index in [0.29, 0.717) is 6.54 Å². The zero-order valence-corrected chi connectivity index (χ0v) is 16.8. The zero-order valence-electron chi connectivity index (χ0n) is 14.4. The molecule has 0 saturated carbocycles. The highest BCUT2D eigenvalue weighted by Crippen LogP contribution is 2.21. The van der Waals surface area contributed by atoms with Gasteiger partial charge in [0.05, 0.1) is 0 Å². The van der Waals surface area contributed by atoms with Gasteiger partial charge in [0.2, 0.25) is 0 Å². The average Bonchev–Trinajstić information content (AvgIpc) is 2.89. The average molecular weight is 411 g/mol. The minimum absolute atomic E-state index is 0.315. The van der Waals surface area contributed by atoms with Crippen molar-refractivity contribution in [2.75, 3.05) is 12.4 Å². The predicted molar refractivity (Wildman–Crippen MR) is 103 cm³/mol. The lowest BCUT2D eigenvalue weighted by Gasteiger charge is -2.24. The molecule has 24 heavy (non-hydrogen) atoms. The van der Waals surface area contributed by atoms with Gasteiger partial charge in [0.15, 0.2) is 0 Å². The van der Waals surface area contributed by atoms with Gasteiger partial charge in [-0.2, -0.15) is 0 Å². The molecule has 1 aromatic carbocycles. The molecular formula is C18H23BrN2O2S. The van der Waals surface area contributed by atoms with Gasteiger partial charge in [0.1, 0.15) is 5.60 Å². The molecule has 0 aliphatic rings. The summed E-state index contributed by atoms with van der Waals surface area (Å²) in [6, 6.07) is 10.2. The number of hydrogen-bond donors (Lipinski definition) is 1. The van der Waals surface area contributed by atoms with Gasteiger partial charge in [-0.05, 0) is 60.5 Å². The van der Waals surface area contributed by atoms with E-state index in [9.17, 15) is 4.79 Å². The quantitative estimate of drug-likeness (QED) is 0.708. The molecule has 1 N–H and O–H groups in total. The molecule has 0 unspecified atom stereocenters. The fraction of sp³-hybridized carbons (Fsp3) is 0.389. The maximum Gasteiger partial charge on any atom is 0.410 e. The van der Waals surface area contributed by atoms with Crippen molar-refractivity contribution >= 4 is 39.0 Å². The molecule has 1 heterocycles. The number of carbonyl (C=O) groups excluding carboxylic acids is 1. The van der Waals surface area contributed by atoms with Crippen LogP contribution in [0.2, 0.25) is 0 Å². The smallest absolute Gasteiger partial charge is 0.410 e. The topological polar surface area (TPSA) is 41.6 Å². The molecule has 1 amide bonds. The fourth-order valence-corrected chi connectivity index (χ4v) is 3.48. The second-order valence-electron chi connectivity index (χ2n) is 6.62. The molecule has 4 nitrogen and oxygen atoms in total. The molecule has 1 aromatic heterocycles. The standard InChI is InChI=1S/C18H23BrN2O2S/c1-18(2,3)23-17(22)21(4)11-13-6-5-7-15(8-13)20-10-16-9-14(19)12-24-16/h5-9,12,20H,10-11H2,1-4H3. The minimum Gasteiger partial charge on any atom is -0.444 e. The van der Waals surface area contributed by atoms with Crippen molar-refractivity contribution in [2.24, 2.45) is 0 Å². The second kappa shape index (κ2) is 8.03. The van der Waals surface area contributed by atoms with E-state index in [4.69, 9.17) is 4.74 Å². The van der Waals surface area contributed by atoms with Crippen LogP contribution in [0.1, 0.15) is 31.2 Å². The predicted octanol–water partition coefficient (Wildman–Crippen LogP) is 5.49. The number of nitrogens with zero attached hydrogens (tertiary/aromatic N) is 1. The summed E-state index contributed by atoms with van der Waals surface area (Å²) < 4.78 is 6.49. The van der Waals surface area contributed by atoms with Crippen LogP contribution in [-0.2, 0) is 17.8 Å². The first-order valence-corrected chi connectivity index (χ1v) is 9.40. The van der Waals surface area contributed by atoms with Crippen LogP contribution in [0.4, 0.5) is 10.5 Å². The van der Waals surface area contributed by atoms with E-state index in [1.54, 1.807) is 23.3 Å². The maximum atomic E-state index is 12.0. The molecule has 2 rings (SSSR count). The van der Waals surface area contributed by atoms with E-state index < -0.39 is 5.60 Å². The number of carbonyl (C=O) groups is 1. The van der Waals surface area contributed by atoms with Crippen molar-refractivity contribution < 1.29 is 9.53 Å². The number of benzene rings is 1. The lowest BCUT2D eigenvalue weighted by atomic mass is 10.2. The summed E-state index contributed by atoms with van der Waals surface area (Å²) in [5.41, 5.74) is 1.61. The number of anilines is 1. The number of ether oxygens (including phenoxy) is 1. The van der Waals surface area contributed by atoms with Gasteiger partial charge in [-0.1, -0.05) is 12.1 Å². The van der Waals surface area contributed by atoms with Crippen molar-refractivity contribution in [3.8, 4) is 0 Å². The molecule has 130 valence electrons. The molecule has 2 aromatic rings. The minimum atomic E-state index is -0.482. The Morgan fingerprint density at radius 2 is 2.08 bits per heavy atom. The lowest BCUT2D eigenvalue weighted by Crippen LogP contribution is -2.33. The van der Waals surface area contributed by atoms with Crippen molar-refractivity contribution in [3.63, 3.8) is 0 Å². The van der Waals surface area contributed by atoms with Crippen LogP contribution in [0.3, 0.4) is 0 Å². The summed E-state index contributed by atoms with van der Waals surface area (Å²) >= 11 is 5.18. The molecule has 6 heteroatoms. The van der Waals surface area contributed by atoms with Crippen molar-refractivity contribution in [1.82, 2.24) is 4.90 Å². The van der Waals surface area contributed by atoms with Gasteiger partial charge < -0.3 is 15.0 Å². The largest absolute Gasteiger partial charge is 0.444 e. The third kappa shape index (κ3) is 6.17. The van der Waals surface area contributed by atoms with E-state index in [-0.39, 0.29) is 6.09 Å². The molecule has 0 spiro atoms. The monoisotopic (exact) mass is 410 g/mol. The summed E-state index contributed by atoms with van der Waals surface area (Å²) in [6.07, 6.45) is -0.315. The Labute approximate surface area is 156 Å². The maximum absolute atomic E-state index is 12.0. The summed E-state index contributed by atoms with van der Waals surface area (Å²) in [7, 11) is 1.75. The van der Waals surface area contributed by atoms with Crippen LogP contribution in [-0.4, -0.2) is 23.6 Å². The Morgan fingerprint density at radius 1 is 1.33 bits per heavy atom. The fourth-order valence-electron chi connectivity index (χ4n) is 2.09. The van der Waals surface area contributed by atoms with Crippen molar-refractivity contribution in [2.45, 2.75) is 39.5 Å². The summed E-state index contributed by atoms with van der Waals surface area (Å²) in [4.78, 5) is 14.9. The Hall–Kier alpha value is -1.53. The van der Waals surface area contributed by atoms with Crippen LogP contribution in [0.25, 0.3) is 0 Å². The van der Waals surface area contributed by atoms with Crippen LogP contribution >= 0.6 is 27.3 Å². The van der Waals surface area contributed by atoms with Gasteiger partial charge in [-0.15, -0.1) is 11.3 Å². The highest BCUT2D eigenvalue weighted by atomic mass is 79.9. The van der Waals surface area contributed by atoms with E-state index >= 15 is 0 Å². The molecule has 0 radical (unpaired) electrons. The highest BCUT2D eigenvalue weighted by molar-refractivity contribution is 9.10. The Bertz CT molecular complexity index is 694. The van der Waals surface area contributed by atoms with Crippen LogP contribution in [0.15, 0.2) is 40.2 Å². The third-order valence-corrected chi connectivity index (χ3v) is 4.84. The molecule has 0 aliphatic carbocycles. The van der Waals surface area contributed by atoms with Crippen LogP contribution in [0.5, 0.6) is 0 Å². The number of rotatable bonds is 5. The van der Waals surface area contributed by atoms with E-state index in [1.807, 2.05) is 39.0 Å². The first-order chi connectivity index (χ1) is 11.2. The lowest BCUT2D eigenvalue weighted by molar-refractivity contribution is 0.0285. The SMILES string of the molecule is CN(Cc1cccc(NCc2cc(Br)cs2)c1)C(=O)OC(C)(C)C. The van der Waals surface area contributed by atoms with Gasteiger partial charge in [-0.25, -0.2) is 4.79 Å². The first kappa shape index (κ1) is 18.8. The van der Waals surface area contributed by atoms with E-state index in [1.165, 1.54) is 4.88 Å². The van der Waals surface area contributed by atoms with Gasteiger partial charge in [0.25, 0.3) is 0 Å². The normalized spacial score (nSPS) is 11.2. The first-order valence-electron chi connectivity index (χ1n) is 7.73. The summed E-state index contributed by atoms with van der Waals surface area (Å²) in [5, 5.41) is 5.48. The van der Waals surface area contributed by atoms with Gasteiger partial charge in [0, 0.05) is 40.6 Å². The van der Waals surface area contributed by atoms with Gasteiger partial charge in [-0.3, -0.25) is 0 Å². The number of nitrogens with one attached hydrogen (secondary N) is 1. The summed E-state index contributed by atoms with van der Waals surface area (Å²) in [5.74, 6) is 0. The van der Waals surface area contributed by atoms with Gasteiger partial charge >= 0.3 is 6.09 Å². The molecule has 0 aliphatic heterocycles. The Kier molecular flexibility index (Phi) is 6.29. The Morgan fingerprint density at radius 3 is 2.71 bits per heavy atom. The molecule has 0 atom stereocenters. The van der Waals surface area contributed by atoms with Crippen molar-refractivity contribution in [3.05, 3.63) is 50.6 Å². The molecule has 0 fully saturated rings. The third-order valence-electron chi connectivity index (χ3n) is 3.14. The number of hydrogen-bond acceptors (Lipinski definition) is 4. The number of thiophene rings is 1. The van der Waals surface area contributed by atoms with Crippen LogP contribution in [0, 0.1) is 0 Å². The van der Waals surface area contributed by atoms with E-state index in [0.717, 1.165) is 22.3 Å². The number of amides is 1. The molecular weight excluding hydrogens is 388 g/mol. The zero-order chi connectivity index (χ0) is 17.7. The number of halogens is 1. The second-order valence-corrected chi connectivity index (χ2v) is 8.53. The van der Waals surface area contributed by atoms with Crippen LogP contribution < -0.4 is 5.32 Å². The molecule has 0 saturated heterocycles. The Balaban J connectivity index is 1.93. The summed E-state index contributed by atoms with van der Waals surface area (Å²) in [6.45, 7) is 6.89. The van der Waals surface area contributed by atoms with Crippen molar-refractivity contribution in [1.29, 1.82) is 0 Å². The van der Waals surface area contributed by atoms with E-state index in [2.05, 4.69) is 38.8 Å².